The van der Waals surface area contributed by atoms with Crippen LogP contribution in [0.3, 0.4) is 0 Å². The van der Waals surface area contributed by atoms with Crippen LogP contribution in [0.1, 0.15) is 48.9 Å². The molecule has 4 rings (SSSR count). The van der Waals surface area contributed by atoms with Gasteiger partial charge in [0.1, 0.15) is 23.2 Å². The fraction of sp³-hybridized carbons (Fsp3) is 0.455. The maximum absolute atomic E-state index is 13.7. The number of carbonyl (C=O) groups is 2. The zero-order chi connectivity index (χ0) is 22.4. The topological polar surface area (TPSA) is 95.4 Å². The van der Waals surface area contributed by atoms with Gasteiger partial charge in [-0.2, -0.15) is 0 Å². The smallest absolute Gasteiger partial charge is 0.270 e. The minimum Gasteiger partial charge on any atom is -0.390 e. The van der Waals surface area contributed by atoms with Crippen LogP contribution < -0.4 is 10.2 Å². The van der Waals surface area contributed by atoms with Gasteiger partial charge in [0.25, 0.3) is 5.91 Å². The van der Waals surface area contributed by atoms with Crippen molar-refractivity contribution in [2.45, 2.75) is 51.2 Å². The van der Waals surface area contributed by atoms with Crippen LogP contribution in [-0.4, -0.2) is 45.1 Å². The Morgan fingerprint density at radius 2 is 1.97 bits per heavy atom. The largest absolute Gasteiger partial charge is 0.390 e. The first-order chi connectivity index (χ1) is 14.6. The number of carbonyl (C=O) groups excluding carboxylic acids is 2. The van der Waals surface area contributed by atoms with Crippen LogP contribution in [0.4, 0.5) is 14.5 Å². The molecule has 1 aliphatic carbocycles. The summed E-state index contributed by atoms with van der Waals surface area (Å²) in [6.07, 6.45) is 2.73. The lowest BCUT2D eigenvalue weighted by molar-refractivity contribution is -0.134. The van der Waals surface area contributed by atoms with E-state index < -0.39 is 34.6 Å². The zero-order valence-corrected chi connectivity index (χ0v) is 17.4. The highest BCUT2D eigenvalue weighted by Gasteiger charge is 2.55. The normalized spacial score (nSPS) is 28.2. The number of aromatic nitrogens is 2. The number of nitrogens with zero attached hydrogens (tertiary/aromatic N) is 3. The lowest BCUT2D eigenvalue weighted by Gasteiger charge is -2.44. The Labute approximate surface area is 178 Å². The molecule has 0 radical (unpaired) electrons. The third-order valence-electron chi connectivity index (χ3n) is 6.06. The fourth-order valence-corrected chi connectivity index (χ4v) is 5.01. The van der Waals surface area contributed by atoms with Gasteiger partial charge < -0.3 is 15.3 Å². The Hall–Kier alpha value is -2.94. The summed E-state index contributed by atoms with van der Waals surface area (Å²) in [5.41, 5.74) is -1.75. The average molecular weight is 430 g/mol. The summed E-state index contributed by atoms with van der Waals surface area (Å²) in [7, 11) is 0. The third-order valence-corrected chi connectivity index (χ3v) is 6.06. The number of anilines is 1. The van der Waals surface area contributed by atoms with E-state index in [0.717, 1.165) is 18.2 Å². The van der Waals surface area contributed by atoms with E-state index in [1.165, 1.54) is 17.2 Å². The summed E-state index contributed by atoms with van der Waals surface area (Å²) >= 11 is 0. The van der Waals surface area contributed by atoms with E-state index in [4.69, 9.17) is 0 Å². The van der Waals surface area contributed by atoms with Gasteiger partial charge >= 0.3 is 0 Å². The first kappa shape index (κ1) is 21.3. The van der Waals surface area contributed by atoms with Gasteiger partial charge in [-0.15, -0.1) is 0 Å². The number of hydrogen-bond acceptors (Lipinski definition) is 5. The van der Waals surface area contributed by atoms with E-state index in [0.29, 0.717) is 18.7 Å². The second kappa shape index (κ2) is 7.64. The SMILES string of the molecule is Cc1nccc(C(=O)N[C@@H]2C[C@@](C)(O)C[C@@]3(CCN(c4cc(F)cc(F)c4)C3=O)C2)n1. The molecule has 164 valence electrons. The number of halogens is 2. The summed E-state index contributed by atoms with van der Waals surface area (Å²) in [4.78, 5) is 35.5. The van der Waals surface area contributed by atoms with Gasteiger partial charge in [0.2, 0.25) is 5.91 Å². The first-order valence-electron chi connectivity index (χ1n) is 10.2. The molecule has 7 nitrogen and oxygen atoms in total. The quantitative estimate of drug-likeness (QED) is 0.780. The molecule has 1 spiro atoms. The van der Waals surface area contributed by atoms with Crippen LogP contribution in [0.15, 0.2) is 30.5 Å². The molecule has 2 N–H and O–H groups in total. The number of aliphatic hydroxyl groups is 1. The molecular formula is C22H24F2N4O3. The molecule has 2 fully saturated rings. The van der Waals surface area contributed by atoms with E-state index >= 15 is 0 Å². The minimum atomic E-state index is -1.18. The number of benzene rings is 1. The lowest BCUT2D eigenvalue weighted by atomic mass is 9.65. The monoisotopic (exact) mass is 430 g/mol. The number of rotatable bonds is 3. The van der Waals surface area contributed by atoms with Crippen molar-refractivity contribution in [1.82, 2.24) is 15.3 Å². The zero-order valence-electron chi connectivity index (χ0n) is 17.4. The number of amides is 2. The van der Waals surface area contributed by atoms with Crippen molar-refractivity contribution in [3.63, 3.8) is 0 Å². The Morgan fingerprint density at radius 3 is 2.65 bits per heavy atom. The highest BCUT2D eigenvalue weighted by molar-refractivity contribution is 6.00. The van der Waals surface area contributed by atoms with E-state index in [-0.39, 0.29) is 36.7 Å². The van der Waals surface area contributed by atoms with Gasteiger partial charge in [-0.05, 0) is 57.7 Å². The minimum absolute atomic E-state index is 0.154. The molecule has 1 aliphatic heterocycles. The molecule has 31 heavy (non-hydrogen) atoms. The van der Waals surface area contributed by atoms with Gasteiger partial charge in [0.15, 0.2) is 0 Å². The van der Waals surface area contributed by atoms with Crippen LogP contribution in [-0.2, 0) is 4.79 Å². The van der Waals surface area contributed by atoms with Gasteiger partial charge in [0, 0.05) is 30.5 Å². The molecule has 2 amide bonds. The van der Waals surface area contributed by atoms with Crippen molar-refractivity contribution in [1.29, 1.82) is 0 Å². The van der Waals surface area contributed by atoms with Crippen molar-refractivity contribution in [2.24, 2.45) is 5.41 Å². The summed E-state index contributed by atoms with van der Waals surface area (Å²) in [5.74, 6) is -1.76. The first-order valence-corrected chi connectivity index (χ1v) is 10.2. The van der Waals surface area contributed by atoms with Crippen molar-refractivity contribution in [2.75, 3.05) is 11.4 Å². The van der Waals surface area contributed by atoms with Gasteiger partial charge in [-0.1, -0.05) is 0 Å². The van der Waals surface area contributed by atoms with Crippen LogP contribution in [0.2, 0.25) is 0 Å². The van der Waals surface area contributed by atoms with E-state index in [2.05, 4.69) is 15.3 Å². The number of hydrogen-bond donors (Lipinski definition) is 2. The maximum Gasteiger partial charge on any atom is 0.270 e. The molecule has 1 aromatic heterocycles. The second-order valence-electron chi connectivity index (χ2n) is 8.86. The van der Waals surface area contributed by atoms with Crippen LogP contribution in [0.5, 0.6) is 0 Å². The van der Waals surface area contributed by atoms with Gasteiger partial charge in [0.05, 0.1) is 11.0 Å². The van der Waals surface area contributed by atoms with Crippen LogP contribution in [0, 0.1) is 24.0 Å². The molecule has 1 saturated heterocycles. The Morgan fingerprint density at radius 1 is 1.26 bits per heavy atom. The number of aryl methyl sites for hydroxylation is 1. The molecule has 2 aliphatic rings. The fourth-order valence-electron chi connectivity index (χ4n) is 5.01. The predicted octanol–water partition coefficient (Wildman–Crippen LogP) is 2.52. The maximum atomic E-state index is 13.7. The molecule has 2 heterocycles. The number of nitrogens with one attached hydrogen (secondary N) is 1. The summed E-state index contributed by atoms with van der Waals surface area (Å²) in [6, 6.07) is 4.04. The summed E-state index contributed by atoms with van der Waals surface area (Å²) in [5, 5.41) is 13.8. The molecule has 0 bridgehead atoms. The van der Waals surface area contributed by atoms with Crippen LogP contribution in [0.25, 0.3) is 0 Å². The molecule has 2 aromatic rings. The molecule has 0 unspecified atom stereocenters. The molecule has 3 atom stereocenters. The van der Waals surface area contributed by atoms with E-state index in [1.807, 2.05) is 0 Å². The van der Waals surface area contributed by atoms with Crippen molar-refractivity contribution < 1.29 is 23.5 Å². The van der Waals surface area contributed by atoms with Crippen molar-refractivity contribution >= 4 is 17.5 Å². The Bertz CT molecular complexity index is 1020. The molecule has 1 saturated carbocycles. The second-order valence-corrected chi connectivity index (χ2v) is 8.86. The van der Waals surface area contributed by atoms with Crippen molar-refractivity contribution in [3.8, 4) is 0 Å². The van der Waals surface area contributed by atoms with Gasteiger partial charge in [-0.25, -0.2) is 18.7 Å². The highest BCUT2D eigenvalue weighted by atomic mass is 19.1. The highest BCUT2D eigenvalue weighted by Crippen LogP contribution is 2.49. The standard InChI is InChI=1S/C22H24F2N4O3/c1-13-25-5-3-18(26-13)19(29)27-16-10-21(2,31)12-22(11-16)4-6-28(20(22)30)17-8-14(23)7-15(24)9-17/h3,5,7-9,16,31H,4,6,10-12H2,1-2H3,(H,27,29)/t16-,21-,22-/m1/s1. The van der Waals surface area contributed by atoms with E-state index in [9.17, 15) is 23.5 Å². The predicted molar refractivity (Wildman–Crippen MR) is 108 cm³/mol. The lowest BCUT2D eigenvalue weighted by Crippen LogP contribution is -2.53. The third kappa shape index (κ3) is 4.27. The Balaban J connectivity index is 1.56. The Kier molecular flexibility index (Phi) is 5.25. The molecule has 9 heteroatoms. The average Bonchev–Trinajstić information content (AvgIpc) is 2.95. The molecule has 1 aromatic carbocycles. The van der Waals surface area contributed by atoms with Gasteiger partial charge in [-0.3, -0.25) is 9.59 Å². The van der Waals surface area contributed by atoms with Crippen LogP contribution >= 0.6 is 0 Å². The van der Waals surface area contributed by atoms with Crippen molar-refractivity contribution in [3.05, 3.63) is 53.6 Å². The van der Waals surface area contributed by atoms with E-state index in [1.54, 1.807) is 13.8 Å². The molecular weight excluding hydrogens is 406 g/mol. The summed E-state index contributed by atoms with van der Waals surface area (Å²) in [6.45, 7) is 3.60. The summed E-state index contributed by atoms with van der Waals surface area (Å²) < 4.78 is 27.4.